The van der Waals surface area contributed by atoms with Gasteiger partial charge in [-0.25, -0.2) is 15.0 Å². The average molecular weight is 921 g/mol. The van der Waals surface area contributed by atoms with Crippen molar-refractivity contribution in [3.63, 3.8) is 0 Å². The van der Waals surface area contributed by atoms with Gasteiger partial charge in [0.2, 0.25) is 5.95 Å². The third-order valence-corrected chi connectivity index (χ3v) is 9.85. The Morgan fingerprint density at radius 3 is 1.22 bits per heavy atom. The molecule has 2 aliphatic heterocycles. The topological polar surface area (TPSA) is 135 Å². The molecule has 0 bridgehead atoms. The zero-order chi connectivity index (χ0) is 42.0. The molecule has 5 heterocycles. The molecule has 12 nitrogen and oxygen atoms in total. The Labute approximate surface area is 353 Å². The lowest BCUT2D eigenvalue weighted by Crippen LogP contribution is -2.41. The summed E-state index contributed by atoms with van der Waals surface area (Å²) >= 11 is 6.53. The van der Waals surface area contributed by atoms with Crippen molar-refractivity contribution >= 4 is 82.5 Å². The van der Waals surface area contributed by atoms with Crippen molar-refractivity contribution in [1.29, 1.82) is 0 Å². The first-order valence-corrected chi connectivity index (χ1v) is 19.1. The highest BCUT2D eigenvalue weighted by Crippen LogP contribution is 2.43. The molecular weight excluding hydrogens is 859 g/mol. The van der Waals surface area contributed by atoms with E-state index in [4.69, 9.17) is 28.7 Å². The largest absolute Gasteiger partial charge is 0.490 e. The predicted octanol–water partition coefficient (Wildman–Crippen LogP) is 6.15. The maximum Gasteiger partial charge on any atom is 0.490 e. The molecule has 0 atom stereocenters. The summed E-state index contributed by atoms with van der Waals surface area (Å²) in [4.78, 5) is 15.7. The van der Waals surface area contributed by atoms with Crippen LogP contribution in [0.5, 0.6) is 0 Å². The highest BCUT2D eigenvalue weighted by atomic mass is 79.9. The maximum absolute atomic E-state index is 12.4. The summed E-state index contributed by atoms with van der Waals surface area (Å²) < 4.78 is 38.1. The number of hydrogen-bond acceptors (Lipinski definition) is 12. The first-order chi connectivity index (χ1) is 24.6. The Morgan fingerprint density at radius 2 is 0.945 bits per heavy atom. The molecule has 3 aromatic rings. The number of rotatable bonds is 4. The van der Waals surface area contributed by atoms with Gasteiger partial charge in [-0.05, 0) is 145 Å². The first-order valence-electron chi connectivity index (χ1n) is 17.5. The van der Waals surface area contributed by atoms with Crippen molar-refractivity contribution in [3.05, 3.63) is 68.4 Å². The number of hydrogen-bond donors (Lipinski definition) is 3. The summed E-state index contributed by atoms with van der Waals surface area (Å²) in [5, 5.41) is 20.5. The monoisotopic (exact) mass is 918 g/mol. The molecule has 0 saturated carbocycles. The van der Waals surface area contributed by atoms with E-state index in [1.54, 1.807) is 19.1 Å². The van der Waals surface area contributed by atoms with Crippen LogP contribution in [-0.2, 0) is 18.6 Å². The molecule has 0 aliphatic carbocycles. The van der Waals surface area contributed by atoms with Crippen LogP contribution in [0.3, 0.4) is 0 Å². The van der Waals surface area contributed by atoms with E-state index < -0.39 is 27.1 Å². The Kier molecular flexibility index (Phi) is 21.6. The SMILES string of the molecule is CC1(C)OB(B2OC(C)(C)C(C)(C)O2)OC1(C)C.CNC.Cc1cc(B(O)O)cnc1N(C)C.Cc1cc(Br)cnc1F.Cc1cc(Br)cnc1N(C)C.Cl. The standard InChI is InChI=1S/C12H24B2O4.C8H13BN2O2.C8H11BrN2.C6H5BrFN.C2H7N.ClH/c1-9(2)10(3,4)16-13(15-9)14-17-11(5,6)12(7,8)18-14;1-6-4-7(9(12)13)5-10-8(6)11(2)3;1-6-4-7(9)5-10-8(6)11(2)3;1-4-2-5(7)3-9-6(4)8;1-3-2;/h1-8H3;4-5,12-13H,1-3H3;4-5H,1-3H3;2-3H,1H3;3H,1-2H3;1H. The molecule has 0 spiro atoms. The van der Waals surface area contributed by atoms with Gasteiger partial charge < -0.3 is 43.8 Å². The summed E-state index contributed by atoms with van der Waals surface area (Å²) in [6.07, 6.45) is 4.71. The number of anilines is 2. The number of nitrogens with zero attached hydrogens (tertiary/aromatic N) is 5. The third-order valence-electron chi connectivity index (χ3n) is 8.98. The van der Waals surface area contributed by atoms with Gasteiger partial charge in [0.25, 0.3) is 0 Å². The minimum atomic E-state index is -1.44. The van der Waals surface area contributed by atoms with Crippen LogP contribution in [0.4, 0.5) is 16.0 Å². The number of nitrogens with one attached hydrogen (secondary N) is 1. The van der Waals surface area contributed by atoms with Gasteiger partial charge in [-0.1, -0.05) is 6.07 Å². The first kappa shape index (κ1) is 53.1. The van der Waals surface area contributed by atoms with Crippen molar-refractivity contribution in [2.24, 2.45) is 0 Å². The number of pyridine rings is 3. The molecule has 0 unspecified atom stereocenters. The number of halogens is 4. The summed E-state index contributed by atoms with van der Waals surface area (Å²) in [6.45, 7) is 21.8. The summed E-state index contributed by atoms with van der Waals surface area (Å²) in [5.74, 6) is 1.45. The van der Waals surface area contributed by atoms with Crippen molar-refractivity contribution < 1.29 is 33.1 Å². The highest BCUT2D eigenvalue weighted by Gasteiger charge is 2.63. The van der Waals surface area contributed by atoms with Crippen LogP contribution in [0.15, 0.2) is 45.7 Å². The molecule has 55 heavy (non-hydrogen) atoms. The van der Waals surface area contributed by atoms with Gasteiger partial charge in [-0.15, -0.1) is 12.4 Å². The van der Waals surface area contributed by atoms with Crippen molar-refractivity contribution in [2.75, 3.05) is 52.1 Å². The normalized spacial score (nSPS) is 16.7. The van der Waals surface area contributed by atoms with Gasteiger partial charge in [0, 0.05) is 66.8 Å². The van der Waals surface area contributed by atoms with Crippen LogP contribution in [0.1, 0.15) is 72.1 Å². The van der Waals surface area contributed by atoms with Gasteiger partial charge in [0.1, 0.15) is 11.6 Å². The zero-order valence-electron chi connectivity index (χ0n) is 35.5. The van der Waals surface area contributed by atoms with Gasteiger partial charge in [-0.2, -0.15) is 4.39 Å². The van der Waals surface area contributed by atoms with E-state index in [0.717, 1.165) is 26.1 Å². The molecule has 0 amide bonds. The molecule has 0 radical (unpaired) electrons. The lowest BCUT2D eigenvalue weighted by molar-refractivity contribution is 0.00578. The second-order valence-corrected chi connectivity index (χ2v) is 17.2. The summed E-state index contributed by atoms with van der Waals surface area (Å²) in [7, 11) is 9.12. The fourth-order valence-corrected chi connectivity index (χ4v) is 5.61. The van der Waals surface area contributed by atoms with Crippen molar-refractivity contribution in [2.45, 2.75) is 98.6 Å². The van der Waals surface area contributed by atoms with E-state index >= 15 is 0 Å². The molecule has 3 N–H and O–H groups in total. The van der Waals surface area contributed by atoms with Gasteiger partial charge in [-0.3, -0.25) is 0 Å². The maximum atomic E-state index is 12.4. The predicted molar refractivity (Wildman–Crippen MR) is 235 cm³/mol. The molecule has 2 saturated heterocycles. The lowest BCUT2D eigenvalue weighted by Gasteiger charge is -2.32. The van der Waals surface area contributed by atoms with E-state index in [2.05, 4.69) is 58.2 Å². The van der Waals surface area contributed by atoms with Gasteiger partial charge in [0.05, 0.1) is 22.4 Å². The van der Waals surface area contributed by atoms with Crippen molar-refractivity contribution in [1.82, 2.24) is 20.3 Å². The summed E-state index contributed by atoms with van der Waals surface area (Å²) in [5.41, 5.74) is 1.65. The van der Waals surface area contributed by atoms with Crippen molar-refractivity contribution in [3.8, 4) is 0 Å². The minimum absolute atomic E-state index is 0. The molecule has 308 valence electrons. The second kappa shape index (κ2) is 22.3. The van der Waals surface area contributed by atoms with Gasteiger partial charge >= 0.3 is 21.1 Å². The van der Waals surface area contributed by atoms with E-state index in [1.165, 1.54) is 18.0 Å². The Morgan fingerprint density at radius 1 is 0.636 bits per heavy atom. The molecule has 2 fully saturated rings. The Balaban J connectivity index is 0.000000706. The fraction of sp³-hybridized carbons (Fsp3) is 0.583. The van der Waals surface area contributed by atoms with E-state index in [9.17, 15) is 4.39 Å². The third kappa shape index (κ3) is 15.8. The highest BCUT2D eigenvalue weighted by molar-refractivity contribution is 9.10. The lowest BCUT2D eigenvalue weighted by atomic mass is 9.49. The van der Waals surface area contributed by atoms with E-state index in [0.29, 0.717) is 11.0 Å². The molecule has 3 aromatic heterocycles. The number of aryl methyl sites for hydroxylation is 3. The molecule has 19 heteroatoms. The quantitative estimate of drug-likeness (QED) is 0.205. The summed E-state index contributed by atoms with van der Waals surface area (Å²) in [6, 6.07) is 5.46. The second-order valence-electron chi connectivity index (χ2n) is 15.4. The molecule has 2 aliphatic rings. The smallest absolute Gasteiger partial charge is 0.423 e. The fourth-order valence-electron chi connectivity index (χ4n) is 4.72. The Bertz CT molecular complexity index is 1580. The van der Waals surface area contributed by atoms with Crippen LogP contribution in [0, 0.1) is 26.7 Å². The minimum Gasteiger partial charge on any atom is -0.423 e. The molecule has 0 aromatic carbocycles. The van der Waals surface area contributed by atoms with Crippen LogP contribution >= 0.6 is 44.3 Å². The average Bonchev–Trinajstić information content (AvgIpc) is 3.39. The van der Waals surface area contributed by atoms with E-state index in [1.807, 2.05) is 128 Å². The van der Waals surface area contributed by atoms with Gasteiger partial charge in [0.15, 0.2) is 0 Å². The Hall–Kier alpha value is -1.86. The zero-order valence-corrected chi connectivity index (χ0v) is 39.5. The van der Waals surface area contributed by atoms with E-state index in [-0.39, 0.29) is 34.8 Å². The van der Waals surface area contributed by atoms with Crippen LogP contribution in [0.2, 0.25) is 0 Å². The van der Waals surface area contributed by atoms with Crippen LogP contribution < -0.4 is 20.6 Å². The molecular formula is C36H61B3Br2ClFN6O6. The molecule has 5 rings (SSSR count). The number of aromatic nitrogens is 3. The van der Waals surface area contributed by atoms with Crippen LogP contribution in [-0.4, -0.2) is 111 Å². The van der Waals surface area contributed by atoms with Crippen LogP contribution in [0.25, 0.3) is 0 Å².